The quantitative estimate of drug-likeness (QED) is 0.105. The molecule has 10 nitrogen and oxygen atoms in total. The molecule has 0 radical (unpaired) electrons. The number of anilines is 1. The van der Waals surface area contributed by atoms with Gasteiger partial charge in [-0.15, -0.1) is 13.2 Å². The van der Waals surface area contributed by atoms with Crippen LogP contribution in [0.25, 0.3) is 10.8 Å². The number of benzene rings is 4. The fourth-order valence-corrected chi connectivity index (χ4v) is 9.05. The average molecular weight is 756 g/mol. The van der Waals surface area contributed by atoms with E-state index in [0.717, 1.165) is 16.3 Å². The van der Waals surface area contributed by atoms with Gasteiger partial charge in [-0.2, -0.15) is 0 Å². The minimum atomic E-state index is -1.35. The number of nitrogens with zero attached hydrogens (tertiary/aromatic N) is 2. The van der Waals surface area contributed by atoms with Crippen LogP contribution in [0.5, 0.6) is 0 Å². The molecule has 3 amide bonds. The molecule has 3 saturated heterocycles. The summed E-state index contributed by atoms with van der Waals surface area (Å²) in [7, 11) is 0. The van der Waals surface area contributed by atoms with Crippen LogP contribution in [0.3, 0.4) is 0 Å². The van der Waals surface area contributed by atoms with Crippen LogP contribution in [0, 0.1) is 11.8 Å². The number of hydrogen-bond acceptors (Lipinski definition) is 7. The van der Waals surface area contributed by atoms with E-state index in [1.54, 1.807) is 24.0 Å². The second kappa shape index (κ2) is 16.6. The Morgan fingerprint density at radius 3 is 2.38 bits per heavy atom. The van der Waals surface area contributed by atoms with Crippen molar-refractivity contribution in [3.05, 3.63) is 140 Å². The van der Waals surface area contributed by atoms with Gasteiger partial charge in [0, 0.05) is 18.7 Å². The Kier molecular flexibility index (Phi) is 11.5. The van der Waals surface area contributed by atoms with Crippen LogP contribution < -0.4 is 10.2 Å². The van der Waals surface area contributed by atoms with Gasteiger partial charge in [0.15, 0.2) is 0 Å². The summed E-state index contributed by atoms with van der Waals surface area (Å²) < 4.78 is 13.1. The molecule has 3 fully saturated rings. The van der Waals surface area contributed by atoms with Crippen molar-refractivity contribution < 1.29 is 33.8 Å². The van der Waals surface area contributed by atoms with Gasteiger partial charge >= 0.3 is 5.97 Å². The summed E-state index contributed by atoms with van der Waals surface area (Å²) in [4.78, 5) is 60.9. The van der Waals surface area contributed by atoms with Crippen LogP contribution in [0.4, 0.5) is 5.69 Å². The number of likely N-dealkylation sites (tertiary alicyclic amines) is 1. The summed E-state index contributed by atoms with van der Waals surface area (Å²) in [5.41, 5.74) is 0.842. The molecule has 1 spiro atoms. The Hall–Kier alpha value is -5.58. The number of allylic oxidation sites excluding steroid dienone is 1. The molecule has 2 bridgehead atoms. The fourth-order valence-electron chi connectivity index (χ4n) is 9.05. The highest BCUT2D eigenvalue weighted by Crippen LogP contribution is 2.59. The van der Waals surface area contributed by atoms with Crippen LogP contribution in [0.2, 0.25) is 0 Å². The SMILES string of the molecule is C=CCCC(=O)N[C@@H](C)[C@H](OC(=O)[C@@H]1[C@H]2C(=O)N([C@@H](CO)Cc3ccccc3)[C@H](C(=O)N(CC=C)c3ccc4ccccc4c3)[C@]23CC[C@H]1O3)c1ccccc1. The van der Waals surface area contributed by atoms with E-state index in [1.165, 1.54) is 4.90 Å². The van der Waals surface area contributed by atoms with Crippen molar-refractivity contribution in [3.63, 3.8) is 0 Å². The smallest absolute Gasteiger partial charge is 0.313 e. The fraction of sp³-hybridized carbons (Fsp3) is 0.348. The molecular weight excluding hydrogens is 707 g/mol. The maximum Gasteiger partial charge on any atom is 0.313 e. The highest BCUT2D eigenvalue weighted by Gasteiger charge is 2.75. The third-order valence-corrected chi connectivity index (χ3v) is 11.6. The molecule has 3 aliphatic rings. The lowest BCUT2D eigenvalue weighted by Gasteiger charge is -2.39. The summed E-state index contributed by atoms with van der Waals surface area (Å²) in [6.07, 6.45) is 3.61. The number of esters is 1. The number of carbonyl (C=O) groups is 4. The number of aliphatic hydroxyl groups is 1. The minimum absolute atomic E-state index is 0.156. The molecule has 290 valence electrons. The van der Waals surface area contributed by atoms with Crippen molar-refractivity contribution >= 4 is 40.2 Å². The molecule has 2 N–H and O–H groups in total. The summed E-state index contributed by atoms with van der Waals surface area (Å²) >= 11 is 0. The van der Waals surface area contributed by atoms with Crippen LogP contribution >= 0.6 is 0 Å². The lowest BCUT2D eigenvalue weighted by Crippen LogP contribution is -2.59. The molecule has 3 heterocycles. The molecule has 7 rings (SSSR count). The maximum atomic E-state index is 15.3. The zero-order valence-corrected chi connectivity index (χ0v) is 31.7. The molecule has 0 saturated carbocycles. The normalized spacial score (nSPS) is 23.9. The number of fused-ring (bicyclic) bond motifs is 2. The van der Waals surface area contributed by atoms with Crippen molar-refractivity contribution in [2.24, 2.45) is 11.8 Å². The highest BCUT2D eigenvalue weighted by atomic mass is 16.6. The lowest BCUT2D eigenvalue weighted by molar-refractivity contribution is -0.162. The van der Waals surface area contributed by atoms with Crippen LogP contribution in [0.15, 0.2) is 128 Å². The first-order valence-corrected chi connectivity index (χ1v) is 19.4. The summed E-state index contributed by atoms with van der Waals surface area (Å²) in [5, 5.41) is 15.9. The Balaban J connectivity index is 1.26. The van der Waals surface area contributed by atoms with E-state index in [4.69, 9.17) is 9.47 Å². The van der Waals surface area contributed by atoms with Gasteiger partial charge in [0.2, 0.25) is 11.8 Å². The van der Waals surface area contributed by atoms with Gasteiger partial charge in [-0.25, -0.2) is 0 Å². The van der Waals surface area contributed by atoms with Crippen molar-refractivity contribution in [2.75, 3.05) is 18.1 Å². The topological polar surface area (TPSA) is 125 Å². The Bertz CT molecular complexity index is 2090. The molecule has 8 atom stereocenters. The van der Waals surface area contributed by atoms with Gasteiger partial charge in [0.25, 0.3) is 5.91 Å². The first kappa shape index (κ1) is 38.7. The molecule has 3 aliphatic heterocycles. The standard InChI is InChI=1S/C46H49N3O7/c1-4-6-21-38(51)47-30(3)41(33-18-11-8-12-19-33)55-45(54)39-37-24-25-46(56-37)40(39)43(52)49(36(29-50)27-31-15-9-7-10-16-31)42(46)44(53)48(26-5-2)35-23-22-32-17-13-14-20-34(32)28-35/h4-5,7-20,22-23,28,30,36-37,39-42,50H,1-2,6,21,24-27,29H2,3H3,(H,47,51)/t30-,36+,37+,39-,40-,41-,42+,46-/m0/s1. The van der Waals surface area contributed by atoms with E-state index >= 15 is 9.59 Å². The first-order chi connectivity index (χ1) is 27.2. The third-order valence-electron chi connectivity index (χ3n) is 11.6. The monoisotopic (exact) mass is 755 g/mol. The summed E-state index contributed by atoms with van der Waals surface area (Å²) in [6.45, 7) is 9.17. The van der Waals surface area contributed by atoms with Gasteiger partial charge in [-0.05, 0) is 66.6 Å². The molecule has 0 unspecified atom stereocenters. The largest absolute Gasteiger partial charge is 0.455 e. The van der Waals surface area contributed by atoms with Crippen molar-refractivity contribution in [1.29, 1.82) is 0 Å². The van der Waals surface area contributed by atoms with Crippen LogP contribution in [-0.4, -0.2) is 76.7 Å². The Morgan fingerprint density at radius 1 is 0.982 bits per heavy atom. The summed E-state index contributed by atoms with van der Waals surface area (Å²) in [6, 6.07) is 29.8. The van der Waals surface area contributed by atoms with Crippen LogP contribution in [-0.2, 0) is 35.1 Å². The zero-order chi connectivity index (χ0) is 39.4. The van der Waals surface area contributed by atoms with E-state index < -0.39 is 66.3 Å². The van der Waals surface area contributed by atoms with Crippen molar-refractivity contribution in [1.82, 2.24) is 10.2 Å². The molecule has 4 aromatic carbocycles. The summed E-state index contributed by atoms with van der Waals surface area (Å²) in [5.74, 6) is -3.70. The van der Waals surface area contributed by atoms with E-state index in [1.807, 2.05) is 103 Å². The minimum Gasteiger partial charge on any atom is -0.455 e. The number of hydrogen-bond donors (Lipinski definition) is 2. The number of amides is 3. The molecule has 10 heteroatoms. The number of carbonyl (C=O) groups excluding carboxylic acids is 4. The predicted octanol–water partition coefficient (Wildman–Crippen LogP) is 6.09. The Labute approximate surface area is 327 Å². The second-order valence-corrected chi connectivity index (χ2v) is 15.0. The van der Waals surface area contributed by atoms with E-state index in [0.29, 0.717) is 30.5 Å². The van der Waals surface area contributed by atoms with E-state index in [2.05, 4.69) is 18.5 Å². The van der Waals surface area contributed by atoms with E-state index in [-0.39, 0.29) is 31.2 Å². The third kappa shape index (κ3) is 7.27. The Morgan fingerprint density at radius 2 is 1.68 bits per heavy atom. The molecule has 0 aromatic heterocycles. The van der Waals surface area contributed by atoms with Gasteiger partial charge < -0.3 is 29.7 Å². The van der Waals surface area contributed by atoms with Crippen molar-refractivity contribution in [2.45, 2.75) is 75.0 Å². The number of rotatable bonds is 16. The number of ether oxygens (including phenoxy) is 2. The van der Waals surface area contributed by atoms with Gasteiger partial charge in [-0.3, -0.25) is 19.2 Å². The average Bonchev–Trinajstić information content (AvgIpc) is 3.87. The zero-order valence-electron chi connectivity index (χ0n) is 31.7. The van der Waals surface area contributed by atoms with Gasteiger partial charge in [0.1, 0.15) is 17.7 Å². The molecule has 0 aliphatic carbocycles. The molecular formula is C46H49N3O7. The maximum absolute atomic E-state index is 15.3. The highest BCUT2D eigenvalue weighted by molar-refractivity contribution is 6.05. The number of nitrogens with one attached hydrogen (secondary N) is 1. The van der Waals surface area contributed by atoms with Crippen molar-refractivity contribution in [3.8, 4) is 0 Å². The van der Waals surface area contributed by atoms with Crippen LogP contribution in [0.1, 0.15) is 49.8 Å². The second-order valence-electron chi connectivity index (χ2n) is 15.0. The molecule has 56 heavy (non-hydrogen) atoms. The molecule has 4 aromatic rings. The van der Waals surface area contributed by atoms with Gasteiger partial charge in [0.05, 0.1) is 36.6 Å². The predicted molar refractivity (Wildman–Crippen MR) is 214 cm³/mol. The first-order valence-electron chi connectivity index (χ1n) is 19.4. The van der Waals surface area contributed by atoms with Gasteiger partial charge in [-0.1, -0.05) is 103 Å². The lowest BCUT2D eigenvalue weighted by atomic mass is 9.70. The van der Waals surface area contributed by atoms with E-state index in [9.17, 15) is 14.7 Å². The number of aliphatic hydroxyl groups excluding tert-OH is 1.